The summed E-state index contributed by atoms with van der Waals surface area (Å²) in [5.41, 5.74) is 0.825. The topological polar surface area (TPSA) is 88.1 Å². The van der Waals surface area contributed by atoms with Crippen molar-refractivity contribution < 1.29 is 33.3 Å². The van der Waals surface area contributed by atoms with Gasteiger partial charge >= 0.3 is 11.9 Å². The van der Waals surface area contributed by atoms with Gasteiger partial charge in [0.25, 0.3) is 0 Å². The van der Waals surface area contributed by atoms with Gasteiger partial charge in [-0.1, -0.05) is 0 Å². The van der Waals surface area contributed by atoms with Crippen LogP contribution in [0.15, 0.2) is 6.07 Å². The Hall–Kier alpha value is -2.57. The van der Waals surface area contributed by atoms with Crippen molar-refractivity contribution in [2.45, 2.75) is 39.7 Å². The highest BCUT2D eigenvalue weighted by Gasteiger charge is 2.32. The van der Waals surface area contributed by atoms with Crippen LogP contribution < -0.4 is 14.2 Å². The zero-order valence-electron chi connectivity index (χ0n) is 14.1. The molecular formula is C17H20O7. The van der Waals surface area contributed by atoms with Crippen LogP contribution in [0.2, 0.25) is 0 Å². The fourth-order valence-electron chi connectivity index (χ4n) is 2.59. The highest BCUT2D eigenvalue weighted by atomic mass is 16.5. The smallest absolute Gasteiger partial charge is 0.308 e. The van der Waals surface area contributed by atoms with E-state index in [1.807, 2.05) is 0 Å². The minimum atomic E-state index is -0.513. The highest BCUT2D eigenvalue weighted by molar-refractivity contribution is 6.03. The van der Waals surface area contributed by atoms with E-state index < -0.39 is 11.9 Å². The summed E-state index contributed by atoms with van der Waals surface area (Å²) in [4.78, 5) is 34.8. The number of esters is 2. The summed E-state index contributed by atoms with van der Waals surface area (Å²) >= 11 is 0. The predicted octanol–water partition coefficient (Wildman–Crippen LogP) is 2.08. The summed E-state index contributed by atoms with van der Waals surface area (Å²) in [5.74, 6) is -0.204. The normalized spacial score (nSPS) is 16.0. The summed E-state index contributed by atoms with van der Waals surface area (Å²) in [6, 6.07) is 1.49. The van der Waals surface area contributed by atoms with Crippen molar-refractivity contribution in [2.24, 2.45) is 0 Å². The van der Waals surface area contributed by atoms with E-state index in [-0.39, 0.29) is 42.8 Å². The van der Waals surface area contributed by atoms with Gasteiger partial charge in [0.1, 0.15) is 28.9 Å². The van der Waals surface area contributed by atoms with Crippen molar-refractivity contribution in [1.29, 1.82) is 0 Å². The highest BCUT2D eigenvalue weighted by Crippen LogP contribution is 2.43. The summed E-state index contributed by atoms with van der Waals surface area (Å²) in [6.45, 7) is 4.44. The minimum absolute atomic E-state index is 0.0777. The Labute approximate surface area is 139 Å². The quantitative estimate of drug-likeness (QED) is 0.601. The molecule has 1 aromatic rings. The van der Waals surface area contributed by atoms with Gasteiger partial charge in [0.05, 0.1) is 13.7 Å². The predicted molar refractivity (Wildman–Crippen MR) is 83.7 cm³/mol. The second-order valence-electron chi connectivity index (χ2n) is 5.50. The van der Waals surface area contributed by atoms with E-state index in [1.54, 1.807) is 6.92 Å². The van der Waals surface area contributed by atoms with Gasteiger partial charge in [-0.3, -0.25) is 14.4 Å². The number of ketones is 1. The molecule has 1 atom stereocenters. The number of ether oxygens (including phenoxy) is 4. The molecule has 1 aromatic carbocycles. The van der Waals surface area contributed by atoms with Gasteiger partial charge in [-0.05, 0) is 6.92 Å². The van der Waals surface area contributed by atoms with Crippen molar-refractivity contribution in [1.82, 2.24) is 0 Å². The summed E-state index contributed by atoms with van der Waals surface area (Å²) in [6.07, 6.45) is 0.170. The molecule has 24 heavy (non-hydrogen) atoms. The summed E-state index contributed by atoms with van der Waals surface area (Å²) in [7, 11) is 1.43. The summed E-state index contributed by atoms with van der Waals surface area (Å²) in [5, 5.41) is 0. The lowest BCUT2D eigenvalue weighted by atomic mass is 9.95. The van der Waals surface area contributed by atoms with Crippen LogP contribution in [-0.2, 0) is 20.7 Å². The fourth-order valence-corrected chi connectivity index (χ4v) is 2.59. The van der Waals surface area contributed by atoms with Gasteiger partial charge in [0.15, 0.2) is 5.78 Å². The molecule has 1 unspecified atom stereocenters. The molecule has 1 heterocycles. The van der Waals surface area contributed by atoms with E-state index >= 15 is 0 Å². The van der Waals surface area contributed by atoms with Crippen molar-refractivity contribution in [3.05, 3.63) is 17.2 Å². The zero-order valence-corrected chi connectivity index (χ0v) is 14.1. The lowest BCUT2D eigenvalue weighted by Crippen LogP contribution is -2.26. The number of carbonyl (C=O) groups excluding carboxylic acids is 3. The van der Waals surface area contributed by atoms with E-state index in [0.717, 1.165) is 0 Å². The molecule has 1 aliphatic heterocycles. The Morgan fingerprint density at radius 3 is 2.54 bits per heavy atom. The molecule has 130 valence electrons. The molecule has 0 aliphatic carbocycles. The van der Waals surface area contributed by atoms with Gasteiger partial charge < -0.3 is 18.9 Å². The molecule has 0 saturated heterocycles. The van der Waals surface area contributed by atoms with Crippen LogP contribution >= 0.6 is 0 Å². The van der Waals surface area contributed by atoms with E-state index in [9.17, 15) is 14.4 Å². The fraction of sp³-hybridized carbons (Fsp3) is 0.471. The van der Waals surface area contributed by atoms with Crippen LogP contribution in [0.3, 0.4) is 0 Å². The molecule has 2 rings (SSSR count). The third-order valence-electron chi connectivity index (χ3n) is 3.51. The number of fused-ring (bicyclic) bond motifs is 1. The monoisotopic (exact) mass is 336 g/mol. The third kappa shape index (κ3) is 3.84. The van der Waals surface area contributed by atoms with E-state index in [4.69, 9.17) is 18.9 Å². The molecule has 0 aromatic heterocycles. The molecule has 0 spiro atoms. The molecule has 7 nitrogen and oxygen atoms in total. The Bertz CT molecular complexity index is 678. The SMILES string of the molecule is COc1cc(OC(C)=O)c(CCOC(C)=O)c2c1C(=O)CC(C)O2. The number of carbonyl (C=O) groups is 3. The third-order valence-corrected chi connectivity index (χ3v) is 3.51. The first-order valence-electron chi connectivity index (χ1n) is 7.59. The maximum Gasteiger partial charge on any atom is 0.308 e. The van der Waals surface area contributed by atoms with E-state index in [2.05, 4.69) is 0 Å². The van der Waals surface area contributed by atoms with Crippen LogP contribution in [0.4, 0.5) is 0 Å². The summed E-state index contributed by atoms with van der Waals surface area (Å²) < 4.78 is 21.3. The molecule has 0 fully saturated rings. The van der Waals surface area contributed by atoms with Gasteiger partial charge in [-0.25, -0.2) is 0 Å². The van der Waals surface area contributed by atoms with Crippen LogP contribution in [0.5, 0.6) is 17.2 Å². The average molecular weight is 336 g/mol. The van der Waals surface area contributed by atoms with Gasteiger partial charge in [-0.2, -0.15) is 0 Å². The van der Waals surface area contributed by atoms with Crippen molar-refractivity contribution in [2.75, 3.05) is 13.7 Å². The van der Waals surface area contributed by atoms with Crippen molar-refractivity contribution in [3.8, 4) is 17.2 Å². The Morgan fingerprint density at radius 1 is 1.25 bits per heavy atom. The van der Waals surface area contributed by atoms with Crippen molar-refractivity contribution in [3.63, 3.8) is 0 Å². The first-order chi connectivity index (χ1) is 11.3. The molecule has 1 aliphatic rings. The molecule has 0 bridgehead atoms. The number of rotatable bonds is 5. The van der Waals surface area contributed by atoms with Crippen LogP contribution in [-0.4, -0.2) is 37.5 Å². The van der Waals surface area contributed by atoms with Gasteiger partial charge in [0.2, 0.25) is 0 Å². The number of hydrogen-bond acceptors (Lipinski definition) is 7. The molecule has 0 N–H and O–H groups in total. The molecule has 7 heteroatoms. The number of hydrogen-bond donors (Lipinski definition) is 0. The Balaban J connectivity index is 2.54. The number of Topliss-reactive ketones (excluding diaryl/α,β-unsaturated/α-hetero) is 1. The van der Waals surface area contributed by atoms with Gasteiger partial charge in [-0.15, -0.1) is 0 Å². The van der Waals surface area contributed by atoms with E-state index in [1.165, 1.54) is 27.0 Å². The average Bonchev–Trinajstić information content (AvgIpc) is 2.47. The maximum atomic E-state index is 12.4. The maximum absolute atomic E-state index is 12.4. The van der Waals surface area contributed by atoms with Gasteiger partial charge in [0, 0.05) is 38.3 Å². The first-order valence-corrected chi connectivity index (χ1v) is 7.59. The van der Waals surface area contributed by atoms with Crippen LogP contribution in [0, 0.1) is 0 Å². The zero-order chi connectivity index (χ0) is 17.9. The largest absolute Gasteiger partial charge is 0.496 e. The molecule has 0 radical (unpaired) electrons. The molecule has 0 saturated carbocycles. The standard InChI is InChI=1S/C17H20O7/c1-9-7-13(20)16-15(21-4)8-14(24-11(3)19)12(17(16)23-9)5-6-22-10(2)18/h8-9H,5-7H2,1-4H3. The lowest BCUT2D eigenvalue weighted by Gasteiger charge is -2.27. The number of benzene rings is 1. The number of methoxy groups -OCH3 is 1. The lowest BCUT2D eigenvalue weighted by molar-refractivity contribution is -0.141. The van der Waals surface area contributed by atoms with Crippen molar-refractivity contribution >= 4 is 17.7 Å². The Kier molecular flexibility index (Phi) is 5.43. The second kappa shape index (κ2) is 7.33. The molecule has 0 amide bonds. The first kappa shape index (κ1) is 17.8. The Morgan fingerprint density at radius 2 is 1.96 bits per heavy atom. The van der Waals surface area contributed by atoms with Crippen LogP contribution in [0.25, 0.3) is 0 Å². The van der Waals surface area contributed by atoms with Crippen LogP contribution in [0.1, 0.15) is 43.1 Å². The molecular weight excluding hydrogens is 316 g/mol. The minimum Gasteiger partial charge on any atom is -0.496 e. The second-order valence-corrected chi connectivity index (χ2v) is 5.50. The van der Waals surface area contributed by atoms with E-state index in [0.29, 0.717) is 16.9 Å².